The summed E-state index contributed by atoms with van der Waals surface area (Å²) in [6, 6.07) is 3.74. The van der Waals surface area contributed by atoms with Crippen molar-refractivity contribution in [3.63, 3.8) is 0 Å². The highest BCUT2D eigenvalue weighted by Crippen LogP contribution is 2.34. The van der Waals surface area contributed by atoms with Crippen molar-refractivity contribution >= 4 is 39.7 Å². The third-order valence-corrected chi connectivity index (χ3v) is 3.69. The Morgan fingerprint density at radius 2 is 2.23 bits per heavy atom. The van der Waals surface area contributed by atoms with Crippen LogP contribution in [0.4, 0.5) is 5.69 Å². The molecular weight excluding hydrogens is 202 g/mol. The fourth-order valence-electron chi connectivity index (χ4n) is 1.27. The standard InChI is InChI=1S/C9H9NOS2/c10-7-2-1-6-5(3-11)4-13-9(6)8(7)12/h1-2,4,11-12H,3,10H2. The van der Waals surface area contributed by atoms with Crippen LogP contribution in [0.1, 0.15) is 5.56 Å². The fraction of sp³-hybridized carbons (Fsp3) is 0.111. The number of rotatable bonds is 1. The van der Waals surface area contributed by atoms with Gasteiger partial charge in [0, 0.05) is 10.6 Å². The first kappa shape index (κ1) is 8.87. The molecule has 4 heteroatoms. The lowest BCUT2D eigenvalue weighted by atomic mass is 10.2. The van der Waals surface area contributed by atoms with Crippen LogP contribution in [-0.4, -0.2) is 5.11 Å². The molecule has 0 aliphatic rings. The SMILES string of the molecule is Nc1ccc2c(CO)csc2c1S. The Morgan fingerprint density at radius 3 is 2.92 bits per heavy atom. The normalized spacial score (nSPS) is 10.9. The third kappa shape index (κ3) is 1.31. The molecule has 2 aromatic rings. The second-order valence-corrected chi connectivity index (χ2v) is 4.13. The lowest BCUT2D eigenvalue weighted by molar-refractivity contribution is 0.284. The maximum absolute atomic E-state index is 9.04. The summed E-state index contributed by atoms with van der Waals surface area (Å²) in [6.07, 6.45) is 0. The Labute approximate surface area is 85.4 Å². The smallest absolute Gasteiger partial charge is 0.0696 e. The number of hydrogen-bond acceptors (Lipinski definition) is 4. The summed E-state index contributed by atoms with van der Waals surface area (Å²) in [5.74, 6) is 0. The van der Waals surface area contributed by atoms with E-state index in [4.69, 9.17) is 10.8 Å². The zero-order valence-electron chi connectivity index (χ0n) is 6.82. The van der Waals surface area contributed by atoms with Gasteiger partial charge in [-0.2, -0.15) is 0 Å². The third-order valence-electron chi connectivity index (χ3n) is 2.00. The summed E-state index contributed by atoms with van der Waals surface area (Å²) in [5, 5.41) is 12.0. The van der Waals surface area contributed by atoms with Crippen LogP contribution in [0.25, 0.3) is 10.1 Å². The quantitative estimate of drug-likeness (QED) is 0.500. The maximum atomic E-state index is 9.04. The average molecular weight is 211 g/mol. The van der Waals surface area contributed by atoms with Gasteiger partial charge < -0.3 is 10.8 Å². The number of anilines is 1. The first-order valence-corrected chi connectivity index (χ1v) is 5.15. The summed E-state index contributed by atoms with van der Waals surface area (Å²) in [4.78, 5) is 0.808. The molecule has 0 atom stereocenters. The number of aliphatic hydroxyl groups excluding tert-OH is 1. The van der Waals surface area contributed by atoms with Gasteiger partial charge in [0.05, 0.1) is 11.3 Å². The summed E-state index contributed by atoms with van der Waals surface area (Å²) in [5.41, 5.74) is 7.33. The van der Waals surface area contributed by atoms with Crippen LogP contribution < -0.4 is 5.73 Å². The molecule has 0 aliphatic carbocycles. The van der Waals surface area contributed by atoms with Crippen LogP contribution in [-0.2, 0) is 6.61 Å². The number of thiol groups is 1. The van der Waals surface area contributed by atoms with Gasteiger partial charge in [0.1, 0.15) is 0 Å². The first-order valence-electron chi connectivity index (χ1n) is 3.82. The number of nitrogens with two attached hydrogens (primary N) is 1. The number of thiophene rings is 1. The molecule has 0 spiro atoms. The Morgan fingerprint density at radius 1 is 1.46 bits per heavy atom. The van der Waals surface area contributed by atoms with E-state index in [0.717, 1.165) is 20.5 Å². The van der Waals surface area contributed by atoms with Gasteiger partial charge in [-0.1, -0.05) is 6.07 Å². The van der Waals surface area contributed by atoms with Crippen LogP contribution in [0, 0.1) is 0 Å². The van der Waals surface area contributed by atoms with Gasteiger partial charge in [-0.3, -0.25) is 0 Å². The second-order valence-electron chi connectivity index (χ2n) is 2.80. The average Bonchev–Trinajstić information content (AvgIpc) is 2.55. The molecule has 1 aromatic heterocycles. The maximum Gasteiger partial charge on any atom is 0.0696 e. The largest absolute Gasteiger partial charge is 0.398 e. The predicted molar refractivity (Wildman–Crippen MR) is 59.4 cm³/mol. The summed E-state index contributed by atoms with van der Waals surface area (Å²) in [7, 11) is 0. The monoisotopic (exact) mass is 211 g/mol. The molecule has 0 aliphatic heterocycles. The molecular formula is C9H9NOS2. The van der Waals surface area contributed by atoms with E-state index in [9.17, 15) is 0 Å². The summed E-state index contributed by atoms with van der Waals surface area (Å²) >= 11 is 5.88. The molecule has 1 heterocycles. The highest BCUT2D eigenvalue weighted by Gasteiger charge is 2.07. The zero-order chi connectivity index (χ0) is 9.42. The second kappa shape index (κ2) is 3.21. The van der Waals surface area contributed by atoms with Gasteiger partial charge >= 0.3 is 0 Å². The molecule has 13 heavy (non-hydrogen) atoms. The Bertz CT molecular complexity index is 450. The summed E-state index contributed by atoms with van der Waals surface area (Å²) in [6.45, 7) is 0.0666. The van der Waals surface area contributed by atoms with Crippen molar-refractivity contribution in [2.75, 3.05) is 5.73 Å². The van der Waals surface area contributed by atoms with Gasteiger partial charge in [0.15, 0.2) is 0 Å². The van der Waals surface area contributed by atoms with E-state index in [1.165, 1.54) is 0 Å². The van der Waals surface area contributed by atoms with E-state index in [1.807, 2.05) is 17.5 Å². The van der Waals surface area contributed by atoms with Crippen LogP contribution in [0.15, 0.2) is 22.4 Å². The van der Waals surface area contributed by atoms with Crippen LogP contribution in [0.5, 0.6) is 0 Å². The zero-order valence-corrected chi connectivity index (χ0v) is 8.53. The number of fused-ring (bicyclic) bond motifs is 1. The molecule has 1 aromatic carbocycles. The molecule has 0 saturated carbocycles. The number of aliphatic hydroxyl groups is 1. The molecule has 68 valence electrons. The predicted octanol–water partition coefficient (Wildman–Crippen LogP) is 2.26. The van der Waals surface area contributed by atoms with Crippen molar-refractivity contribution in [1.29, 1.82) is 0 Å². The molecule has 0 amide bonds. The van der Waals surface area contributed by atoms with Crippen molar-refractivity contribution in [2.24, 2.45) is 0 Å². The first-order chi connectivity index (χ1) is 6.24. The highest BCUT2D eigenvalue weighted by molar-refractivity contribution is 7.81. The van der Waals surface area contributed by atoms with Crippen LogP contribution in [0.2, 0.25) is 0 Å². The Hall–Kier alpha value is -0.710. The molecule has 0 fully saturated rings. The fourth-order valence-corrected chi connectivity index (χ4v) is 2.64. The van der Waals surface area contributed by atoms with Crippen molar-refractivity contribution < 1.29 is 5.11 Å². The number of hydrogen-bond donors (Lipinski definition) is 3. The van der Waals surface area contributed by atoms with Gasteiger partial charge in [-0.05, 0) is 22.4 Å². The molecule has 3 N–H and O–H groups in total. The molecule has 2 rings (SSSR count). The van der Waals surface area contributed by atoms with E-state index in [-0.39, 0.29) is 6.61 Å². The molecule has 0 radical (unpaired) electrons. The minimum Gasteiger partial charge on any atom is -0.398 e. The van der Waals surface area contributed by atoms with E-state index in [0.29, 0.717) is 5.69 Å². The topological polar surface area (TPSA) is 46.2 Å². The molecule has 0 unspecified atom stereocenters. The van der Waals surface area contributed by atoms with Crippen molar-refractivity contribution in [3.05, 3.63) is 23.1 Å². The molecule has 0 bridgehead atoms. The van der Waals surface area contributed by atoms with Crippen molar-refractivity contribution in [2.45, 2.75) is 11.5 Å². The van der Waals surface area contributed by atoms with Gasteiger partial charge in [0.2, 0.25) is 0 Å². The van der Waals surface area contributed by atoms with E-state index in [2.05, 4.69) is 12.6 Å². The van der Waals surface area contributed by atoms with E-state index < -0.39 is 0 Å². The molecule has 0 saturated heterocycles. The highest BCUT2D eigenvalue weighted by atomic mass is 32.1. The van der Waals surface area contributed by atoms with Crippen molar-refractivity contribution in [3.8, 4) is 0 Å². The van der Waals surface area contributed by atoms with E-state index in [1.54, 1.807) is 11.3 Å². The van der Waals surface area contributed by atoms with Crippen molar-refractivity contribution in [1.82, 2.24) is 0 Å². The minimum atomic E-state index is 0.0666. The molecule has 2 nitrogen and oxygen atoms in total. The Balaban J connectivity index is 2.81. The number of nitrogen functional groups attached to an aromatic ring is 1. The summed E-state index contributed by atoms with van der Waals surface area (Å²) < 4.78 is 1.05. The van der Waals surface area contributed by atoms with Crippen LogP contribution in [0.3, 0.4) is 0 Å². The van der Waals surface area contributed by atoms with Gasteiger partial charge in [0.25, 0.3) is 0 Å². The van der Waals surface area contributed by atoms with E-state index >= 15 is 0 Å². The lowest BCUT2D eigenvalue weighted by Crippen LogP contribution is -1.86. The van der Waals surface area contributed by atoms with Crippen LogP contribution >= 0.6 is 24.0 Å². The Kier molecular flexibility index (Phi) is 2.19. The van der Waals surface area contributed by atoms with Gasteiger partial charge in [-0.15, -0.1) is 24.0 Å². The lowest BCUT2D eigenvalue weighted by Gasteiger charge is -2.00. The van der Waals surface area contributed by atoms with Gasteiger partial charge in [-0.25, -0.2) is 0 Å². The minimum absolute atomic E-state index is 0.0666. The number of benzene rings is 1.